The van der Waals surface area contributed by atoms with E-state index in [2.05, 4.69) is 5.32 Å². The summed E-state index contributed by atoms with van der Waals surface area (Å²) in [5, 5.41) is 83.5. The Balaban J connectivity index is 1.31. The summed E-state index contributed by atoms with van der Waals surface area (Å²) < 4.78 is 21.5. The van der Waals surface area contributed by atoms with Crippen LogP contribution in [-0.2, 0) is 35.1 Å². The van der Waals surface area contributed by atoms with Crippen LogP contribution in [0, 0.1) is 0 Å². The number of hydrogen-bond acceptors (Lipinski definition) is 14. The number of rotatable bonds is 12. The summed E-state index contributed by atoms with van der Waals surface area (Å²) in [6.07, 6.45) is -3.38. The number of methoxy groups -OCH3 is 1. The fourth-order valence-corrected chi connectivity index (χ4v) is 6.06. The Morgan fingerprint density at radius 2 is 1.69 bits per heavy atom. The monoisotopic (exact) mass is 729 g/mol. The standard InChI is InChI=1S/C34H36N2O16/c1-49-24-10-15(2-4-22(24)37)3-5-27(39)50-14-26-28(40)29(41)30(42)34(52-26)51-25-13-20-17(12-23(25)38)11-21(33(47)48)36(20)7-6-16-8-18(31(43)44)35-19(9-16)32(45)46/h2-6,8,10,12-13,19,21,26,28-30,34-35,37-38,40-42H,7,9,11,14H2,1H3,(H,43,44)(H,45,46)(H,47,48)/p+1/b5-3+,16-6+/t19-,21+,26+,28-,29+,30-,34+/m1/s1. The van der Waals surface area contributed by atoms with Gasteiger partial charge in [-0.3, -0.25) is 4.90 Å². The number of carboxylic acid groups (broad SMARTS) is 3. The van der Waals surface area contributed by atoms with Crippen molar-refractivity contribution in [1.29, 1.82) is 0 Å². The Morgan fingerprint density at radius 3 is 2.37 bits per heavy atom. The van der Waals surface area contributed by atoms with Gasteiger partial charge >= 0.3 is 23.9 Å². The molecule has 2 aromatic carbocycles. The lowest BCUT2D eigenvalue weighted by Gasteiger charge is -2.39. The van der Waals surface area contributed by atoms with Crippen molar-refractivity contribution >= 4 is 35.6 Å². The Hall–Kier alpha value is -5.66. The Kier molecular flexibility index (Phi) is 11.4. The van der Waals surface area contributed by atoms with Gasteiger partial charge in [0.25, 0.3) is 0 Å². The molecule has 0 amide bonds. The largest absolute Gasteiger partial charge is 0.504 e. The van der Waals surface area contributed by atoms with Gasteiger partial charge in [-0.15, -0.1) is 0 Å². The van der Waals surface area contributed by atoms with Crippen molar-refractivity contribution < 1.29 is 83.9 Å². The number of carbonyl (C=O) groups excluding carboxylic acids is 1. The third-order valence-corrected chi connectivity index (χ3v) is 8.80. The van der Waals surface area contributed by atoms with Crippen LogP contribution in [0.25, 0.3) is 6.08 Å². The van der Waals surface area contributed by atoms with E-state index < -0.39 is 79.0 Å². The molecule has 2 aromatic rings. The molecule has 3 heterocycles. The van der Waals surface area contributed by atoms with Crippen LogP contribution in [0.3, 0.4) is 0 Å². The topological polar surface area (TPSA) is 284 Å². The van der Waals surface area contributed by atoms with Crippen molar-refractivity contribution in [3.63, 3.8) is 0 Å². The van der Waals surface area contributed by atoms with Crippen LogP contribution in [-0.4, -0.2) is 128 Å². The van der Waals surface area contributed by atoms with E-state index in [1.807, 2.05) is 0 Å². The van der Waals surface area contributed by atoms with E-state index in [0.29, 0.717) is 27.3 Å². The molecule has 0 aliphatic carbocycles. The number of phenols is 2. The predicted molar refractivity (Wildman–Crippen MR) is 174 cm³/mol. The fraction of sp³-hybridized carbons (Fsp3) is 0.353. The van der Waals surface area contributed by atoms with E-state index >= 15 is 0 Å². The van der Waals surface area contributed by atoms with E-state index in [1.54, 1.807) is 0 Å². The van der Waals surface area contributed by atoms with Gasteiger partial charge in [-0.1, -0.05) is 6.07 Å². The maximum absolute atomic E-state index is 12.4. The second kappa shape index (κ2) is 15.7. The molecule has 0 bridgehead atoms. The second-order valence-electron chi connectivity index (χ2n) is 12.2. The zero-order valence-electron chi connectivity index (χ0n) is 27.4. The van der Waals surface area contributed by atoms with Gasteiger partial charge in [0.1, 0.15) is 55.0 Å². The molecule has 0 aromatic heterocycles. The lowest BCUT2D eigenvalue weighted by Crippen LogP contribution is -3.11. The molecule has 1 unspecified atom stereocenters. The van der Waals surface area contributed by atoms with Crippen molar-refractivity contribution in [3.05, 3.63) is 71.0 Å². The molecule has 3 aliphatic rings. The average Bonchev–Trinajstić information content (AvgIpc) is 3.47. The number of carbonyl (C=O) groups is 4. The number of benzene rings is 2. The van der Waals surface area contributed by atoms with Crippen LogP contribution >= 0.6 is 0 Å². The normalized spacial score (nSPS) is 27.7. The SMILES string of the molecule is COc1cc(/C=C/C(=O)OC[C@@H]2O[C@H](Oc3cc4c(cc3O)C[C@@H](C(=O)O)[NH+]4C/C=C3\C=C(C(=O)O)N[C@@H](C(=O)O)C3)[C@H](O)[C@@H](O)[C@@H]2O)ccc1O. The molecule has 0 spiro atoms. The summed E-state index contributed by atoms with van der Waals surface area (Å²) >= 11 is 0. The number of nitrogens with one attached hydrogen (secondary N) is 2. The summed E-state index contributed by atoms with van der Waals surface area (Å²) in [7, 11) is 1.36. The predicted octanol–water partition coefficient (Wildman–Crippen LogP) is -1.58. The zero-order valence-corrected chi connectivity index (χ0v) is 27.4. The number of esters is 1. The van der Waals surface area contributed by atoms with Gasteiger partial charge in [0.05, 0.1) is 7.11 Å². The van der Waals surface area contributed by atoms with Crippen molar-refractivity contribution in [1.82, 2.24) is 5.32 Å². The van der Waals surface area contributed by atoms with Crippen molar-refractivity contribution in [2.24, 2.45) is 0 Å². The number of ether oxygens (including phenoxy) is 4. The van der Waals surface area contributed by atoms with Crippen LogP contribution in [0.2, 0.25) is 0 Å². The highest BCUT2D eigenvalue weighted by molar-refractivity contribution is 5.89. The molecular formula is C34H37N2O16+. The van der Waals surface area contributed by atoms with Gasteiger partial charge in [-0.25, -0.2) is 19.2 Å². The Morgan fingerprint density at radius 1 is 0.942 bits per heavy atom. The summed E-state index contributed by atoms with van der Waals surface area (Å²) in [6.45, 7) is -0.624. The highest BCUT2D eigenvalue weighted by atomic mass is 16.7. The van der Waals surface area contributed by atoms with Gasteiger partial charge in [-0.05, 0) is 47.6 Å². The summed E-state index contributed by atoms with van der Waals surface area (Å²) in [6, 6.07) is 4.66. The quantitative estimate of drug-likeness (QED) is 0.0670. The first-order chi connectivity index (χ1) is 24.7. The lowest BCUT2D eigenvalue weighted by molar-refractivity contribution is -0.838. The first-order valence-electron chi connectivity index (χ1n) is 15.8. The number of aliphatic hydroxyl groups is 3. The van der Waals surface area contributed by atoms with Gasteiger partial charge in [-0.2, -0.15) is 0 Å². The molecule has 0 saturated carbocycles. The van der Waals surface area contributed by atoms with Crippen LogP contribution in [0.15, 0.2) is 59.8 Å². The van der Waals surface area contributed by atoms with Crippen molar-refractivity contribution in [2.45, 2.75) is 55.6 Å². The number of allylic oxidation sites excluding steroid dienone is 1. The van der Waals surface area contributed by atoms with Gasteiger partial charge in [0.15, 0.2) is 29.0 Å². The van der Waals surface area contributed by atoms with Crippen molar-refractivity contribution in [3.8, 4) is 23.0 Å². The Bertz CT molecular complexity index is 1820. The molecule has 3 aliphatic heterocycles. The fourth-order valence-electron chi connectivity index (χ4n) is 6.06. The minimum Gasteiger partial charge on any atom is -0.504 e. The Labute approximate surface area is 294 Å². The number of aromatic hydroxyl groups is 2. The molecule has 0 radical (unpaired) electrons. The van der Waals surface area contributed by atoms with Gasteiger partial charge < -0.3 is 65.1 Å². The third kappa shape index (κ3) is 8.27. The molecule has 278 valence electrons. The average molecular weight is 730 g/mol. The van der Waals surface area contributed by atoms with E-state index in [9.17, 15) is 60.0 Å². The van der Waals surface area contributed by atoms with E-state index in [4.69, 9.17) is 18.9 Å². The summed E-state index contributed by atoms with van der Waals surface area (Å²) in [5.74, 6) is -5.35. The number of fused-ring (bicyclic) bond motifs is 1. The molecule has 10 N–H and O–H groups in total. The number of aliphatic hydroxyl groups excluding tert-OH is 3. The maximum Gasteiger partial charge on any atom is 0.363 e. The van der Waals surface area contributed by atoms with Gasteiger partial charge in [0, 0.05) is 30.5 Å². The molecule has 1 saturated heterocycles. The van der Waals surface area contributed by atoms with E-state index in [0.717, 1.165) is 6.08 Å². The summed E-state index contributed by atoms with van der Waals surface area (Å²) in [4.78, 5) is 48.1. The lowest BCUT2D eigenvalue weighted by atomic mass is 9.99. The zero-order chi connectivity index (χ0) is 37.9. The number of phenolic OH excluding ortho intramolecular Hbond substituents is 2. The minimum atomic E-state index is -1.85. The molecule has 18 nitrogen and oxygen atoms in total. The van der Waals surface area contributed by atoms with Crippen LogP contribution in [0.5, 0.6) is 23.0 Å². The molecular weight excluding hydrogens is 692 g/mol. The molecule has 5 rings (SSSR count). The highest BCUT2D eigenvalue weighted by Crippen LogP contribution is 2.36. The summed E-state index contributed by atoms with van der Waals surface area (Å²) in [5.41, 5.74) is 1.30. The van der Waals surface area contributed by atoms with E-state index in [-0.39, 0.29) is 42.3 Å². The number of hydrogen-bond donors (Lipinski definition) is 10. The van der Waals surface area contributed by atoms with Crippen LogP contribution in [0.4, 0.5) is 5.69 Å². The highest BCUT2D eigenvalue weighted by Gasteiger charge is 2.46. The molecule has 18 heteroatoms. The molecule has 52 heavy (non-hydrogen) atoms. The molecule has 8 atom stereocenters. The number of carboxylic acids is 3. The van der Waals surface area contributed by atoms with E-state index in [1.165, 1.54) is 55.7 Å². The minimum absolute atomic E-state index is 0.0117. The smallest absolute Gasteiger partial charge is 0.363 e. The van der Waals surface area contributed by atoms with Gasteiger partial charge in [0.2, 0.25) is 6.29 Å². The molecule has 1 fully saturated rings. The first kappa shape index (κ1) is 37.6. The van der Waals surface area contributed by atoms with Crippen molar-refractivity contribution in [2.75, 3.05) is 20.3 Å². The second-order valence-corrected chi connectivity index (χ2v) is 12.2. The van der Waals surface area contributed by atoms with Crippen LogP contribution in [0.1, 0.15) is 17.5 Å². The van der Waals surface area contributed by atoms with Crippen LogP contribution < -0.4 is 19.7 Å². The third-order valence-electron chi connectivity index (χ3n) is 8.80. The number of quaternary nitrogens is 1. The maximum atomic E-state index is 12.4. The first-order valence-corrected chi connectivity index (χ1v) is 15.8. The number of aliphatic carboxylic acids is 3.